The highest BCUT2D eigenvalue weighted by atomic mass is 32.1. The molecule has 3 aromatic rings. The molecule has 0 aliphatic rings. The van der Waals surface area contributed by atoms with Crippen LogP contribution in [0.4, 0.5) is 5.69 Å². The molecule has 6 heteroatoms. The Morgan fingerprint density at radius 3 is 2.86 bits per heavy atom. The van der Waals surface area contributed by atoms with Crippen LogP contribution in [0.1, 0.15) is 10.7 Å². The Kier molecular flexibility index (Phi) is 4.07. The Hall–Kier alpha value is -2.47. The third-order valence-corrected chi connectivity index (χ3v) is 3.67. The summed E-state index contributed by atoms with van der Waals surface area (Å²) >= 11 is 1.65. The summed E-state index contributed by atoms with van der Waals surface area (Å²) in [6, 6.07) is 7.41. The molecule has 0 radical (unpaired) electrons. The van der Waals surface area contributed by atoms with Crippen LogP contribution in [0, 0.1) is 6.92 Å². The second kappa shape index (κ2) is 6.32. The first-order valence-electron chi connectivity index (χ1n) is 6.48. The predicted molar refractivity (Wildman–Crippen MR) is 82.7 cm³/mol. The van der Waals surface area contributed by atoms with Crippen LogP contribution in [0.5, 0.6) is 11.6 Å². The van der Waals surface area contributed by atoms with E-state index in [9.17, 15) is 0 Å². The second-order valence-corrected chi connectivity index (χ2v) is 5.35. The Labute approximate surface area is 126 Å². The fourth-order valence-electron chi connectivity index (χ4n) is 1.74. The first-order chi connectivity index (χ1) is 10.3. The normalized spacial score (nSPS) is 10.3. The van der Waals surface area contributed by atoms with E-state index in [-0.39, 0.29) is 0 Å². The van der Waals surface area contributed by atoms with Gasteiger partial charge < -0.3 is 10.1 Å². The average Bonchev–Trinajstić information content (AvgIpc) is 2.93. The van der Waals surface area contributed by atoms with Crippen molar-refractivity contribution in [1.82, 2.24) is 15.0 Å². The van der Waals surface area contributed by atoms with E-state index in [1.165, 1.54) is 0 Å². The Morgan fingerprint density at radius 2 is 2.19 bits per heavy atom. The van der Waals surface area contributed by atoms with Gasteiger partial charge in [0.1, 0.15) is 10.8 Å². The summed E-state index contributed by atoms with van der Waals surface area (Å²) in [7, 11) is 0. The van der Waals surface area contributed by atoms with Gasteiger partial charge in [-0.3, -0.25) is 4.98 Å². The van der Waals surface area contributed by atoms with Crippen molar-refractivity contribution >= 4 is 17.0 Å². The molecule has 0 aromatic carbocycles. The highest BCUT2D eigenvalue weighted by molar-refractivity contribution is 7.09. The van der Waals surface area contributed by atoms with Gasteiger partial charge in [0.25, 0.3) is 0 Å². The van der Waals surface area contributed by atoms with E-state index in [4.69, 9.17) is 4.74 Å². The minimum Gasteiger partial charge on any atom is -0.437 e. The van der Waals surface area contributed by atoms with Gasteiger partial charge in [0.05, 0.1) is 24.6 Å². The van der Waals surface area contributed by atoms with E-state index in [0.29, 0.717) is 18.2 Å². The number of rotatable bonds is 5. The maximum atomic E-state index is 5.59. The molecule has 0 aliphatic heterocycles. The monoisotopic (exact) mass is 298 g/mol. The number of nitrogens with one attached hydrogen (secondary N) is 1. The molecule has 0 amide bonds. The standard InChI is InChI=1S/C15H14N4OS/c1-11-10-21-15(19-11)9-17-12-4-5-14(18-7-12)20-13-3-2-6-16-8-13/h2-8,10,17H,9H2,1H3. The number of ether oxygens (including phenoxy) is 1. The zero-order chi connectivity index (χ0) is 14.5. The number of hydrogen-bond donors (Lipinski definition) is 1. The summed E-state index contributed by atoms with van der Waals surface area (Å²) in [6.45, 7) is 2.69. The van der Waals surface area contributed by atoms with Crippen LogP contribution in [-0.4, -0.2) is 15.0 Å². The minimum absolute atomic E-state index is 0.540. The maximum absolute atomic E-state index is 5.59. The third-order valence-electron chi connectivity index (χ3n) is 2.70. The van der Waals surface area contributed by atoms with Gasteiger partial charge in [0, 0.05) is 23.3 Å². The molecule has 0 saturated carbocycles. The molecule has 3 rings (SSSR count). The quantitative estimate of drug-likeness (QED) is 0.779. The SMILES string of the molecule is Cc1csc(CNc2ccc(Oc3cccnc3)nc2)n1. The molecule has 106 valence electrons. The number of nitrogens with zero attached hydrogens (tertiary/aromatic N) is 3. The number of pyridine rings is 2. The minimum atomic E-state index is 0.540. The molecule has 1 N–H and O–H groups in total. The van der Waals surface area contributed by atoms with Crippen molar-refractivity contribution in [2.75, 3.05) is 5.32 Å². The van der Waals surface area contributed by atoms with Crippen molar-refractivity contribution < 1.29 is 4.74 Å². The van der Waals surface area contributed by atoms with Crippen LogP contribution in [0.25, 0.3) is 0 Å². The molecule has 0 atom stereocenters. The zero-order valence-corrected chi connectivity index (χ0v) is 12.3. The molecule has 21 heavy (non-hydrogen) atoms. The molecule has 0 saturated heterocycles. The molecule has 3 aromatic heterocycles. The Balaban J connectivity index is 1.59. The topological polar surface area (TPSA) is 59.9 Å². The molecule has 5 nitrogen and oxygen atoms in total. The number of aryl methyl sites for hydroxylation is 1. The smallest absolute Gasteiger partial charge is 0.219 e. The van der Waals surface area contributed by atoms with Crippen molar-refractivity contribution in [3.8, 4) is 11.6 Å². The maximum Gasteiger partial charge on any atom is 0.219 e. The lowest BCUT2D eigenvalue weighted by Gasteiger charge is -2.06. The molecular weight excluding hydrogens is 284 g/mol. The zero-order valence-electron chi connectivity index (χ0n) is 11.5. The fraction of sp³-hybridized carbons (Fsp3) is 0.133. The highest BCUT2D eigenvalue weighted by Gasteiger charge is 2.01. The number of thiazole rings is 1. The summed E-state index contributed by atoms with van der Waals surface area (Å²) in [5, 5.41) is 6.38. The number of aromatic nitrogens is 3. The molecule has 0 fully saturated rings. The summed E-state index contributed by atoms with van der Waals surface area (Å²) in [5.41, 5.74) is 1.98. The molecule has 0 unspecified atom stereocenters. The van der Waals surface area contributed by atoms with E-state index >= 15 is 0 Å². The summed E-state index contributed by atoms with van der Waals surface area (Å²) in [4.78, 5) is 12.7. The van der Waals surface area contributed by atoms with Gasteiger partial charge in [-0.2, -0.15) is 0 Å². The summed E-state index contributed by atoms with van der Waals surface area (Å²) in [6.07, 6.45) is 5.10. The van der Waals surface area contributed by atoms with Crippen molar-refractivity contribution in [2.24, 2.45) is 0 Å². The van der Waals surface area contributed by atoms with Crippen LogP contribution in [0.2, 0.25) is 0 Å². The predicted octanol–water partition coefficient (Wildman–Crippen LogP) is 3.65. The summed E-state index contributed by atoms with van der Waals surface area (Å²) in [5.74, 6) is 1.21. The van der Waals surface area contributed by atoms with Crippen LogP contribution in [0.3, 0.4) is 0 Å². The molecular formula is C15H14N4OS. The first-order valence-corrected chi connectivity index (χ1v) is 7.36. The van der Waals surface area contributed by atoms with Gasteiger partial charge in [-0.25, -0.2) is 9.97 Å². The Bertz CT molecular complexity index is 697. The van der Waals surface area contributed by atoms with Crippen molar-refractivity contribution in [3.05, 3.63) is 58.9 Å². The lowest BCUT2D eigenvalue weighted by Crippen LogP contribution is -1.99. The van der Waals surface area contributed by atoms with E-state index < -0.39 is 0 Å². The van der Waals surface area contributed by atoms with Crippen LogP contribution in [-0.2, 0) is 6.54 Å². The first kappa shape index (κ1) is 13.5. The van der Waals surface area contributed by atoms with E-state index in [2.05, 4.69) is 20.3 Å². The van der Waals surface area contributed by atoms with E-state index in [1.54, 1.807) is 29.9 Å². The van der Waals surface area contributed by atoms with E-state index in [0.717, 1.165) is 16.4 Å². The van der Waals surface area contributed by atoms with Crippen LogP contribution < -0.4 is 10.1 Å². The van der Waals surface area contributed by atoms with Crippen molar-refractivity contribution in [1.29, 1.82) is 0 Å². The van der Waals surface area contributed by atoms with Gasteiger partial charge in [0.2, 0.25) is 5.88 Å². The summed E-state index contributed by atoms with van der Waals surface area (Å²) < 4.78 is 5.59. The molecule has 3 heterocycles. The number of hydrogen-bond acceptors (Lipinski definition) is 6. The highest BCUT2D eigenvalue weighted by Crippen LogP contribution is 2.19. The van der Waals surface area contributed by atoms with Crippen molar-refractivity contribution in [2.45, 2.75) is 13.5 Å². The Morgan fingerprint density at radius 1 is 1.24 bits per heavy atom. The third kappa shape index (κ3) is 3.76. The van der Waals surface area contributed by atoms with Crippen LogP contribution >= 0.6 is 11.3 Å². The lowest BCUT2D eigenvalue weighted by molar-refractivity contribution is 0.461. The van der Waals surface area contributed by atoms with E-state index in [1.807, 2.05) is 36.6 Å². The van der Waals surface area contributed by atoms with Gasteiger partial charge in [-0.1, -0.05) is 0 Å². The van der Waals surface area contributed by atoms with Gasteiger partial charge >= 0.3 is 0 Å². The van der Waals surface area contributed by atoms with Gasteiger partial charge in [-0.15, -0.1) is 11.3 Å². The average molecular weight is 298 g/mol. The lowest BCUT2D eigenvalue weighted by atomic mass is 10.4. The van der Waals surface area contributed by atoms with Gasteiger partial charge in [0.15, 0.2) is 0 Å². The largest absolute Gasteiger partial charge is 0.437 e. The van der Waals surface area contributed by atoms with Crippen LogP contribution in [0.15, 0.2) is 48.2 Å². The molecule has 0 bridgehead atoms. The molecule has 0 spiro atoms. The number of anilines is 1. The second-order valence-electron chi connectivity index (χ2n) is 4.41. The van der Waals surface area contributed by atoms with Crippen molar-refractivity contribution in [3.63, 3.8) is 0 Å². The molecule has 0 aliphatic carbocycles. The fourth-order valence-corrected chi connectivity index (χ4v) is 2.45. The van der Waals surface area contributed by atoms with Gasteiger partial charge in [-0.05, 0) is 25.1 Å².